The van der Waals surface area contributed by atoms with E-state index in [0.717, 1.165) is 48.4 Å². The van der Waals surface area contributed by atoms with Crippen molar-refractivity contribution in [1.82, 2.24) is 14.9 Å². The number of aromatic nitrogens is 2. The standard InChI is InChI=1S/C29H33N3O2/c1-3-23-14-17-25(18-15-23)34-21-9-20-32-27-13-8-7-12-26(27)31-29(32)22(2)30-28(33)19-16-24-10-5-4-6-11-24/h4-8,10-15,17-18,22H,3,9,16,19-21H2,1-2H3,(H,30,33). The number of ether oxygens (including phenoxy) is 1. The van der Waals surface area contributed by atoms with E-state index in [1.54, 1.807) is 0 Å². The Morgan fingerprint density at radius 1 is 0.971 bits per heavy atom. The van der Waals surface area contributed by atoms with Crippen LogP contribution in [0.5, 0.6) is 5.75 Å². The molecule has 34 heavy (non-hydrogen) atoms. The summed E-state index contributed by atoms with van der Waals surface area (Å²) in [5.41, 5.74) is 4.50. The Labute approximate surface area is 201 Å². The van der Waals surface area contributed by atoms with Crippen LogP contribution in [0.1, 0.15) is 49.7 Å². The van der Waals surface area contributed by atoms with Crippen molar-refractivity contribution >= 4 is 16.9 Å². The van der Waals surface area contributed by atoms with Crippen molar-refractivity contribution in [3.05, 3.63) is 95.8 Å². The lowest BCUT2D eigenvalue weighted by Gasteiger charge is -2.17. The van der Waals surface area contributed by atoms with Crippen molar-refractivity contribution < 1.29 is 9.53 Å². The lowest BCUT2D eigenvalue weighted by Crippen LogP contribution is -2.29. The van der Waals surface area contributed by atoms with Gasteiger partial charge in [-0.2, -0.15) is 0 Å². The van der Waals surface area contributed by atoms with Crippen LogP contribution in [0.25, 0.3) is 11.0 Å². The Hall–Kier alpha value is -3.60. The van der Waals surface area contributed by atoms with Gasteiger partial charge in [-0.3, -0.25) is 4.79 Å². The van der Waals surface area contributed by atoms with Crippen molar-refractivity contribution in [2.75, 3.05) is 6.61 Å². The number of aryl methyl sites for hydroxylation is 3. The number of rotatable bonds is 11. The zero-order valence-corrected chi connectivity index (χ0v) is 20.0. The van der Waals surface area contributed by atoms with Crippen molar-refractivity contribution in [3.63, 3.8) is 0 Å². The van der Waals surface area contributed by atoms with Crippen LogP contribution in [0.2, 0.25) is 0 Å². The van der Waals surface area contributed by atoms with Crippen LogP contribution in [-0.4, -0.2) is 22.1 Å². The van der Waals surface area contributed by atoms with Crippen molar-refractivity contribution in [2.45, 2.75) is 52.1 Å². The summed E-state index contributed by atoms with van der Waals surface area (Å²) in [6.45, 7) is 5.54. The number of nitrogens with zero attached hydrogens (tertiary/aromatic N) is 2. The van der Waals surface area contributed by atoms with Gasteiger partial charge in [0, 0.05) is 13.0 Å². The van der Waals surface area contributed by atoms with Gasteiger partial charge in [0.2, 0.25) is 5.91 Å². The molecule has 0 aliphatic rings. The van der Waals surface area contributed by atoms with Crippen LogP contribution in [0.3, 0.4) is 0 Å². The smallest absolute Gasteiger partial charge is 0.220 e. The topological polar surface area (TPSA) is 56.1 Å². The lowest BCUT2D eigenvalue weighted by molar-refractivity contribution is -0.121. The van der Waals surface area contributed by atoms with Gasteiger partial charge in [0.1, 0.15) is 11.6 Å². The van der Waals surface area contributed by atoms with E-state index in [1.807, 2.05) is 55.5 Å². The molecule has 0 saturated heterocycles. The minimum absolute atomic E-state index is 0.0359. The minimum Gasteiger partial charge on any atom is -0.494 e. The van der Waals surface area contributed by atoms with Gasteiger partial charge in [-0.1, -0.05) is 61.5 Å². The second-order valence-electron chi connectivity index (χ2n) is 8.58. The van der Waals surface area contributed by atoms with Gasteiger partial charge >= 0.3 is 0 Å². The van der Waals surface area contributed by atoms with Crippen LogP contribution in [0, 0.1) is 0 Å². The summed E-state index contributed by atoms with van der Waals surface area (Å²) in [7, 11) is 0. The third kappa shape index (κ3) is 6.04. The summed E-state index contributed by atoms with van der Waals surface area (Å²) in [5.74, 6) is 1.81. The molecule has 1 heterocycles. The van der Waals surface area contributed by atoms with Gasteiger partial charge in [0.25, 0.3) is 0 Å². The summed E-state index contributed by atoms with van der Waals surface area (Å²) in [6, 6.07) is 26.3. The molecule has 5 heteroatoms. The zero-order valence-electron chi connectivity index (χ0n) is 20.0. The monoisotopic (exact) mass is 455 g/mol. The number of amides is 1. The molecule has 0 aliphatic heterocycles. The summed E-state index contributed by atoms with van der Waals surface area (Å²) in [6.07, 6.45) is 3.06. The maximum atomic E-state index is 12.6. The van der Waals surface area contributed by atoms with Crippen molar-refractivity contribution in [2.24, 2.45) is 0 Å². The quantitative estimate of drug-likeness (QED) is 0.287. The molecule has 1 atom stereocenters. The summed E-state index contributed by atoms with van der Waals surface area (Å²) < 4.78 is 8.16. The van der Waals surface area contributed by atoms with Crippen LogP contribution in [0.4, 0.5) is 0 Å². The second-order valence-corrected chi connectivity index (χ2v) is 8.58. The second kappa shape index (κ2) is 11.5. The van der Waals surface area contributed by atoms with E-state index in [4.69, 9.17) is 9.72 Å². The number of hydrogen-bond acceptors (Lipinski definition) is 3. The van der Waals surface area contributed by atoms with Gasteiger partial charge in [0.15, 0.2) is 0 Å². The molecule has 176 valence electrons. The number of fused-ring (bicyclic) bond motifs is 1. The molecule has 0 aliphatic carbocycles. The molecule has 0 radical (unpaired) electrons. The average molecular weight is 456 g/mol. The molecule has 0 fully saturated rings. The molecular formula is C29H33N3O2. The highest BCUT2D eigenvalue weighted by molar-refractivity contribution is 5.78. The third-order valence-electron chi connectivity index (χ3n) is 6.06. The zero-order chi connectivity index (χ0) is 23.8. The van der Waals surface area contributed by atoms with E-state index < -0.39 is 0 Å². The molecule has 1 aromatic heterocycles. The summed E-state index contributed by atoms with van der Waals surface area (Å²) in [5, 5.41) is 3.14. The van der Waals surface area contributed by atoms with Crippen LogP contribution < -0.4 is 10.1 Å². The molecular weight excluding hydrogens is 422 g/mol. The molecule has 4 aromatic rings. The molecule has 4 rings (SSSR count). The SMILES string of the molecule is CCc1ccc(OCCCn2c(C(C)NC(=O)CCc3ccccc3)nc3ccccc32)cc1. The summed E-state index contributed by atoms with van der Waals surface area (Å²) >= 11 is 0. The minimum atomic E-state index is -0.182. The fourth-order valence-corrected chi connectivity index (χ4v) is 4.17. The number of benzene rings is 3. The van der Waals surface area contributed by atoms with Crippen molar-refractivity contribution in [3.8, 4) is 5.75 Å². The first-order chi connectivity index (χ1) is 16.6. The Morgan fingerprint density at radius 3 is 2.47 bits per heavy atom. The van der Waals surface area contributed by atoms with Gasteiger partial charge in [0.05, 0.1) is 23.7 Å². The Bertz CT molecular complexity index is 1200. The van der Waals surface area contributed by atoms with Gasteiger partial charge in [-0.15, -0.1) is 0 Å². The molecule has 0 spiro atoms. The maximum absolute atomic E-state index is 12.6. The number of hydrogen-bond donors (Lipinski definition) is 1. The predicted octanol–water partition coefficient (Wildman–Crippen LogP) is 5.88. The molecule has 1 unspecified atom stereocenters. The number of carbonyl (C=O) groups excluding carboxylic acids is 1. The highest BCUT2D eigenvalue weighted by Gasteiger charge is 2.18. The van der Waals surface area contributed by atoms with Crippen molar-refractivity contribution in [1.29, 1.82) is 0 Å². The molecule has 0 saturated carbocycles. The van der Waals surface area contributed by atoms with Crippen LogP contribution in [0.15, 0.2) is 78.9 Å². The largest absolute Gasteiger partial charge is 0.494 e. The summed E-state index contributed by atoms with van der Waals surface area (Å²) in [4.78, 5) is 17.5. The number of para-hydroxylation sites is 2. The van der Waals surface area contributed by atoms with Gasteiger partial charge < -0.3 is 14.6 Å². The van der Waals surface area contributed by atoms with E-state index in [1.165, 1.54) is 11.1 Å². The number of imidazole rings is 1. The first-order valence-corrected chi connectivity index (χ1v) is 12.1. The Balaban J connectivity index is 1.38. The maximum Gasteiger partial charge on any atom is 0.220 e. The fourth-order valence-electron chi connectivity index (χ4n) is 4.17. The highest BCUT2D eigenvalue weighted by atomic mass is 16.5. The van der Waals surface area contributed by atoms with Crippen LogP contribution in [-0.2, 0) is 24.2 Å². The molecule has 5 nitrogen and oxygen atoms in total. The fraction of sp³-hybridized carbons (Fsp3) is 0.310. The van der Waals surface area contributed by atoms with E-state index in [-0.39, 0.29) is 11.9 Å². The number of carbonyl (C=O) groups is 1. The lowest BCUT2D eigenvalue weighted by atomic mass is 10.1. The van der Waals surface area contributed by atoms with E-state index in [9.17, 15) is 4.79 Å². The Morgan fingerprint density at radius 2 is 1.71 bits per heavy atom. The first-order valence-electron chi connectivity index (χ1n) is 12.1. The molecule has 3 aromatic carbocycles. The first kappa shape index (κ1) is 23.6. The van der Waals surface area contributed by atoms with Gasteiger partial charge in [-0.05, 0) is 61.6 Å². The highest BCUT2D eigenvalue weighted by Crippen LogP contribution is 2.22. The van der Waals surface area contributed by atoms with Gasteiger partial charge in [-0.25, -0.2) is 4.98 Å². The van der Waals surface area contributed by atoms with Crippen LogP contribution >= 0.6 is 0 Å². The molecule has 0 bridgehead atoms. The van der Waals surface area contributed by atoms with E-state index in [0.29, 0.717) is 13.0 Å². The van der Waals surface area contributed by atoms with E-state index in [2.05, 4.69) is 47.1 Å². The molecule has 1 N–H and O–H groups in total. The third-order valence-corrected chi connectivity index (χ3v) is 6.06. The Kier molecular flexibility index (Phi) is 7.97. The average Bonchev–Trinajstić information content (AvgIpc) is 3.25. The predicted molar refractivity (Wildman–Crippen MR) is 137 cm³/mol. The molecule has 1 amide bonds. The number of nitrogens with one attached hydrogen (secondary N) is 1. The van der Waals surface area contributed by atoms with E-state index >= 15 is 0 Å². The normalized spacial score (nSPS) is 11.9.